The van der Waals surface area contributed by atoms with E-state index < -0.39 is 23.1 Å². The van der Waals surface area contributed by atoms with Gasteiger partial charge >= 0.3 is 6.18 Å². The number of fused-ring (bicyclic) bond motifs is 1. The lowest BCUT2D eigenvalue weighted by atomic mass is 10.0. The van der Waals surface area contributed by atoms with Gasteiger partial charge in [0.15, 0.2) is 5.75 Å². The first-order valence-electron chi connectivity index (χ1n) is 12.4. The summed E-state index contributed by atoms with van der Waals surface area (Å²) in [5.41, 5.74) is -1.51. The monoisotopic (exact) mass is 559 g/mol. The highest BCUT2D eigenvalue weighted by Crippen LogP contribution is 2.44. The van der Waals surface area contributed by atoms with Crippen molar-refractivity contribution in [3.05, 3.63) is 82.7 Å². The first-order chi connectivity index (χ1) is 18.7. The van der Waals surface area contributed by atoms with Crippen molar-refractivity contribution in [2.45, 2.75) is 12.6 Å². The number of phenols is 1. The number of nitrogens with zero attached hydrogens (tertiary/aromatic N) is 1. The van der Waals surface area contributed by atoms with E-state index in [-0.39, 0.29) is 29.0 Å². The lowest BCUT2D eigenvalue weighted by molar-refractivity contribution is -0.137. The van der Waals surface area contributed by atoms with Crippen LogP contribution in [0.1, 0.15) is 27.2 Å². The number of benzene rings is 3. The SMILES string of the molecule is O=C(c1ccccc1C(F)(F)F)c1sc2cc(O)ccc2c1Oc1ccc(OCCCN2CC(CF)C2)cc1. The number of aromatic hydroxyl groups is 1. The third kappa shape index (κ3) is 6.02. The number of carbonyl (C=O) groups is 1. The van der Waals surface area contributed by atoms with Gasteiger partial charge in [0.25, 0.3) is 0 Å². The number of carbonyl (C=O) groups excluding carboxylic acids is 1. The molecule has 5 nitrogen and oxygen atoms in total. The summed E-state index contributed by atoms with van der Waals surface area (Å²) in [6.07, 6.45) is -3.90. The Hall–Kier alpha value is -3.63. The van der Waals surface area contributed by atoms with Crippen LogP contribution in [0.4, 0.5) is 17.6 Å². The number of thiophene rings is 1. The van der Waals surface area contributed by atoms with Gasteiger partial charge < -0.3 is 19.5 Å². The summed E-state index contributed by atoms with van der Waals surface area (Å²) >= 11 is 0.955. The van der Waals surface area contributed by atoms with E-state index >= 15 is 0 Å². The fourth-order valence-electron chi connectivity index (χ4n) is 4.52. The number of alkyl halides is 4. The van der Waals surface area contributed by atoms with E-state index in [1.54, 1.807) is 30.3 Å². The molecule has 0 radical (unpaired) electrons. The van der Waals surface area contributed by atoms with Crippen molar-refractivity contribution in [2.24, 2.45) is 5.92 Å². The zero-order chi connectivity index (χ0) is 27.6. The van der Waals surface area contributed by atoms with Crippen LogP contribution in [0.15, 0.2) is 66.7 Å². The van der Waals surface area contributed by atoms with Crippen LogP contribution in [-0.4, -0.2) is 48.7 Å². The van der Waals surface area contributed by atoms with E-state index in [1.807, 2.05) is 0 Å². The second-order valence-corrected chi connectivity index (χ2v) is 10.4. The summed E-state index contributed by atoms with van der Waals surface area (Å²) < 4.78 is 65.8. The summed E-state index contributed by atoms with van der Waals surface area (Å²) in [5, 5.41) is 10.4. The summed E-state index contributed by atoms with van der Waals surface area (Å²) in [6.45, 7) is 2.62. The molecule has 1 aromatic heterocycles. The normalized spacial score (nSPS) is 14.4. The van der Waals surface area contributed by atoms with Crippen molar-refractivity contribution in [1.29, 1.82) is 0 Å². The predicted octanol–water partition coefficient (Wildman–Crippen LogP) is 7.32. The third-order valence-corrected chi connectivity index (χ3v) is 7.63. The Bertz CT molecular complexity index is 1460. The molecule has 2 heterocycles. The number of ketones is 1. The highest BCUT2D eigenvalue weighted by Gasteiger charge is 2.36. The average molecular weight is 560 g/mol. The molecule has 5 rings (SSSR count). The van der Waals surface area contributed by atoms with Crippen LogP contribution in [-0.2, 0) is 6.18 Å². The maximum Gasteiger partial charge on any atom is 0.417 e. The average Bonchev–Trinajstić information content (AvgIpc) is 3.24. The van der Waals surface area contributed by atoms with Crippen LogP contribution in [0.2, 0.25) is 0 Å². The van der Waals surface area contributed by atoms with Crippen LogP contribution in [0.5, 0.6) is 23.0 Å². The van der Waals surface area contributed by atoms with Gasteiger partial charge in [0.2, 0.25) is 5.78 Å². The van der Waals surface area contributed by atoms with Crippen molar-refractivity contribution in [3.63, 3.8) is 0 Å². The van der Waals surface area contributed by atoms with Crippen molar-refractivity contribution in [2.75, 3.05) is 32.9 Å². The minimum Gasteiger partial charge on any atom is -0.508 e. The van der Waals surface area contributed by atoms with E-state index in [4.69, 9.17) is 9.47 Å². The second kappa shape index (κ2) is 11.2. The maximum absolute atomic E-state index is 13.6. The van der Waals surface area contributed by atoms with Gasteiger partial charge in [-0.3, -0.25) is 9.18 Å². The molecule has 4 aromatic rings. The van der Waals surface area contributed by atoms with E-state index in [0.717, 1.165) is 49.5 Å². The number of rotatable bonds is 10. The number of likely N-dealkylation sites (tertiary alicyclic amines) is 1. The predicted molar refractivity (Wildman–Crippen MR) is 141 cm³/mol. The molecule has 204 valence electrons. The maximum atomic E-state index is 13.6. The molecule has 1 N–H and O–H groups in total. The van der Waals surface area contributed by atoms with Gasteiger partial charge in [-0.2, -0.15) is 13.2 Å². The van der Waals surface area contributed by atoms with Crippen LogP contribution in [0, 0.1) is 5.92 Å². The molecule has 1 fully saturated rings. The highest BCUT2D eigenvalue weighted by atomic mass is 32.1. The Kier molecular flexibility index (Phi) is 7.76. The standard InChI is InChI=1S/C29H25F4NO4S/c30-15-18-16-34(17-18)12-3-13-37-20-7-9-21(10-8-20)38-27-23-11-6-19(35)14-25(23)39-28(27)26(36)22-4-1-2-5-24(22)29(31,32)33/h1-2,4-11,14,18,35H,3,12-13,15-17H2. The molecular weight excluding hydrogens is 534 g/mol. The van der Waals surface area contributed by atoms with E-state index in [9.17, 15) is 27.5 Å². The molecular formula is C29H25F4NO4S. The van der Waals surface area contributed by atoms with E-state index in [0.29, 0.717) is 28.2 Å². The van der Waals surface area contributed by atoms with Crippen LogP contribution in [0.25, 0.3) is 10.1 Å². The van der Waals surface area contributed by atoms with Crippen molar-refractivity contribution < 1.29 is 36.9 Å². The van der Waals surface area contributed by atoms with E-state index in [2.05, 4.69) is 4.90 Å². The number of halogens is 4. The summed E-state index contributed by atoms with van der Waals surface area (Å²) in [5.74, 6) is 0.391. The Labute approximate surface area is 226 Å². The Morgan fingerprint density at radius 1 is 1.03 bits per heavy atom. The molecule has 0 atom stereocenters. The molecule has 0 spiro atoms. The largest absolute Gasteiger partial charge is 0.508 e. The molecule has 1 aliphatic heterocycles. The quantitative estimate of drug-likeness (QED) is 0.125. The number of phenolic OH excluding ortho intramolecular Hbond substituents is 1. The first-order valence-corrected chi connectivity index (χ1v) is 13.2. The third-order valence-electron chi connectivity index (χ3n) is 6.49. The van der Waals surface area contributed by atoms with Gasteiger partial charge in [0.1, 0.15) is 22.1 Å². The molecule has 0 aliphatic carbocycles. The lowest BCUT2D eigenvalue weighted by Gasteiger charge is -2.37. The van der Waals surface area contributed by atoms with E-state index in [1.165, 1.54) is 24.3 Å². The zero-order valence-corrected chi connectivity index (χ0v) is 21.5. The second-order valence-electron chi connectivity index (χ2n) is 9.37. The molecule has 0 saturated carbocycles. The molecule has 0 unspecified atom stereocenters. The summed E-state index contributed by atoms with van der Waals surface area (Å²) in [4.78, 5) is 15.6. The highest BCUT2D eigenvalue weighted by molar-refractivity contribution is 7.21. The minimum atomic E-state index is -4.70. The Morgan fingerprint density at radius 2 is 1.74 bits per heavy atom. The number of hydrogen-bond acceptors (Lipinski definition) is 6. The van der Waals surface area contributed by atoms with Crippen molar-refractivity contribution in [1.82, 2.24) is 4.90 Å². The zero-order valence-electron chi connectivity index (χ0n) is 20.7. The van der Waals surface area contributed by atoms with Crippen LogP contribution < -0.4 is 9.47 Å². The molecule has 1 aliphatic rings. The van der Waals surface area contributed by atoms with Crippen molar-refractivity contribution >= 4 is 27.2 Å². The summed E-state index contributed by atoms with van der Waals surface area (Å²) in [6, 6.07) is 15.8. The fourth-order valence-corrected chi connectivity index (χ4v) is 5.64. The Morgan fingerprint density at radius 3 is 2.46 bits per heavy atom. The number of ether oxygens (including phenoxy) is 2. The smallest absolute Gasteiger partial charge is 0.417 e. The molecule has 10 heteroatoms. The molecule has 0 bridgehead atoms. The van der Waals surface area contributed by atoms with Crippen molar-refractivity contribution in [3.8, 4) is 23.0 Å². The lowest BCUT2D eigenvalue weighted by Crippen LogP contribution is -2.48. The van der Waals surface area contributed by atoms with Gasteiger partial charge in [-0.1, -0.05) is 18.2 Å². The Balaban J connectivity index is 1.34. The number of hydrogen-bond donors (Lipinski definition) is 1. The fraction of sp³-hybridized carbons (Fsp3) is 0.276. The van der Waals surface area contributed by atoms with Gasteiger partial charge in [-0.15, -0.1) is 11.3 Å². The molecule has 39 heavy (non-hydrogen) atoms. The molecule has 3 aromatic carbocycles. The van der Waals surface area contributed by atoms with Gasteiger partial charge in [-0.25, -0.2) is 0 Å². The topological polar surface area (TPSA) is 59.0 Å². The minimum absolute atomic E-state index is 0.00591. The van der Waals surface area contributed by atoms with Crippen LogP contribution >= 0.6 is 11.3 Å². The first kappa shape index (κ1) is 27.0. The summed E-state index contributed by atoms with van der Waals surface area (Å²) in [7, 11) is 0. The van der Waals surface area contributed by atoms with Gasteiger partial charge in [-0.05, 0) is 55.0 Å². The molecule has 0 amide bonds. The van der Waals surface area contributed by atoms with Crippen LogP contribution in [0.3, 0.4) is 0 Å². The van der Waals surface area contributed by atoms with Gasteiger partial charge in [0.05, 0.1) is 18.8 Å². The van der Waals surface area contributed by atoms with Gasteiger partial charge in [0, 0.05) is 41.2 Å². The molecule has 1 saturated heterocycles.